The van der Waals surface area contributed by atoms with E-state index in [9.17, 15) is 0 Å². The second-order valence-corrected chi connectivity index (χ2v) is 5.22. The maximum absolute atomic E-state index is 5.77. The molecular weight excluding hydrogens is 248 g/mol. The van der Waals surface area contributed by atoms with Crippen molar-refractivity contribution >= 4 is 0 Å². The van der Waals surface area contributed by atoms with Crippen LogP contribution in [0.3, 0.4) is 0 Å². The third kappa shape index (κ3) is 4.35. The highest BCUT2D eigenvalue weighted by molar-refractivity contribution is 5.28. The van der Waals surface area contributed by atoms with Gasteiger partial charge in [0.2, 0.25) is 0 Å². The molecule has 3 heteroatoms. The van der Waals surface area contributed by atoms with Crippen LogP contribution in [0.25, 0.3) is 0 Å². The molecule has 0 aliphatic heterocycles. The summed E-state index contributed by atoms with van der Waals surface area (Å²) in [5, 5.41) is 0. The lowest BCUT2D eigenvalue weighted by atomic mass is 10.1. The largest absolute Gasteiger partial charge is 0.487 e. The lowest BCUT2D eigenvalue weighted by Crippen LogP contribution is -2.15. The van der Waals surface area contributed by atoms with Crippen molar-refractivity contribution in [2.75, 3.05) is 0 Å². The van der Waals surface area contributed by atoms with E-state index in [0.29, 0.717) is 6.61 Å². The topological polar surface area (TPSA) is 48.1 Å². The van der Waals surface area contributed by atoms with Gasteiger partial charge in [0.25, 0.3) is 0 Å². The molecule has 0 fully saturated rings. The van der Waals surface area contributed by atoms with Gasteiger partial charge in [0.05, 0.1) is 5.69 Å². The summed E-state index contributed by atoms with van der Waals surface area (Å²) in [5.41, 5.74) is 9.19. The molecular formula is C17H22N2O. The van der Waals surface area contributed by atoms with Crippen molar-refractivity contribution in [2.24, 2.45) is 5.73 Å². The van der Waals surface area contributed by atoms with Gasteiger partial charge in [0.15, 0.2) is 0 Å². The lowest BCUT2D eigenvalue weighted by molar-refractivity contribution is 0.300. The molecule has 0 radical (unpaired) electrons. The maximum Gasteiger partial charge on any atom is 0.130 e. The van der Waals surface area contributed by atoms with Gasteiger partial charge in [-0.1, -0.05) is 18.2 Å². The van der Waals surface area contributed by atoms with Gasteiger partial charge >= 0.3 is 0 Å². The fraction of sp³-hybridized carbons (Fsp3) is 0.353. The second kappa shape index (κ2) is 7.06. The summed E-state index contributed by atoms with van der Waals surface area (Å²) in [6.45, 7) is 4.58. The van der Waals surface area contributed by atoms with E-state index in [4.69, 9.17) is 10.5 Å². The molecule has 1 atom stereocenters. The van der Waals surface area contributed by atoms with Crippen LogP contribution in [-0.4, -0.2) is 11.0 Å². The Kier molecular flexibility index (Phi) is 5.13. The van der Waals surface area contributed by atoms with Crippen molar-refractivity contribution in [3.8, 4) is 5.75 Å². The van der Waals surface area contributed by atoms with Gasteiger partial charge in [-0.3, -0.25) is 4.98 Å². The zero-order chi connectivity index (χ0) is 14.4. The summed E-state index contributed by atoms with van der Waals surface area (Å²) in [5.74, 6) is 0.875. The highest BCUT2D eigenvalue weighted by Crippen LogP contribution is 2.16. The van der Waals surface area contributed by atoms with Crippen LogP contribution in [0.15, 0.2) is 42.6 Å². The van der Waals surface area contributed by atoms with Crippen molar-refractivity contribution in [1.29, 1.82) is 0 Å². The van der Waals surface area contributed by atoms with Crippen LogP contribution in [0.5, 0.6) is 5.75 Å². The van der Waals surface area contributed by atoms with E-state index in [2.05, 4.69) is 17.1 Å². The number of benzene rings is 1. The Morgan fingerprint density at radius 3 is 2.60 bits per heavy atom. The predicted octanol–water partition coefficient (Wildman–Crippen LogP) is 3.25. The van der Waals surface area contributed by atoms with Gasteiger partial charge in [0.1, 0.15) is 12.4 Å². The Morgan fingerprint density at radius 2 is 1.95 bits per heavy atom. The molecule has 1 aromatic carbocycles. The first kappa shape index (κ1) is 14.5. The molecule has 0 bridgehead atoms. The Morgan fingerprint density at radius 1 is 1.20 bits per heavy atom. The average molecular weight is 270 g/mol. The van der Waals surface area contributed by atoms with Crippen LogP contribution in [0, 0.1) is 6.92 Å². The molecule has 2 aromatic rings. The van der Waals surface area contributed by atoms with Crippen molar-refractivity contribution in [3.05, 3.63) is 59.4 Å². The SMILES string of the molecule is Cc1cccnc1COc1ccc(CCC(C)N)cc1. The van der Waals surface area contributed by atoms with Gasteiger partial charge in [-0.05, 0) is 56.0 Å². The molecule has 0 saturated heterocycles. The molecule has 0 aliphatic rings. The minimum Gasteiger partial charge on any atom is -0.487 e. The van der Waals surface area contributed by atoms with Crippen molar-refractivity contribution in [1.82, 2.24) is 4.98 Å². The van der Waals surface area contributed by atoms with Gasteiger partial charge in [-0.2, -0.15) is 0 Å². The van der Waals surface area contributed by atoms with Crippen LogP contribution in [0.1, 0.15) is 30.2 Å². The summed E-state index contributed by atoms with van der Waals surface area (Å²) in [7, 11) is 0. The normalized spacial score (nSPS) is 12.2. The number of aromatic nitrogens is 1. The summed E-state index contributed by atoms with van der Waals surface area (Å²) in [6, 6.07) is 12.4. The van der Waals surface area contributed by atoms with E-state index in [1.54, 1.807) is 6.20 Å². The van der Waals surface area contributed by atoms with E-state index < -0.39 is 0 Å². The highest BCUT2D eigenvalue weighted by Gasteiger charge is 2.01. The molecule has 1 unspecified atom stereocenters. The molecule has 3 nitrogen and oxygen atoms in total. The number of pyridine rings is 1. The van der Waals surface area contributed by atoms with Crippen LogP contribution in [0.4, 0.5) is 0 Å². The lowest BCUT2D eigenvalue weighted by Gasteiger charge is -2.09. The minimum absolute atomic E-state index is 0.248. The molecule has 0 amide bonds. The third-order valence-corrected chi connectivity index (χ3v) is 3.31. The molecule has 2 N–H and O–H groups in total. The maximum atomic E-state index is 5.77. The van der Waals surface area contributed by atoms with Gasteiger partial charge < -0.3 is 10.5 Å². The zero-order valence-electron chi connectivity index (χ0n) is 12.2. The number of nitrogens with two attached hydrogens (primary N) is 1. The van der Waals surface area contributed by atoms with E-state index >= 15 is 0 Å². The van der Waals surface area contributed by atoms with Crippen molar-refractivity contribution in [3.63, 3.8) is 0 Å². The predicted molar refractivity (Wildman–Crippen MR) is 81.7 cm³/mol. The molecule has 0 aliphatic carbocycles. The molecule has 1 heterocycles. The van der Waals surface area contributed by atoms with Crippen LogP contribution < -0.4 is 10.5 Å². The average Bonchev–Trinajstić information content (AvgIpc) is 2.45. The first-order valence-corrected chi connectivity index (χ1v) is 7.03. The van der Waals surface area contributed by atoms with E-state index in [1.807, 2.05) is 38.1 Å². The number of nitrogens with zero attached hydrogens (tertiary/aromatic N) is 1. The fourth-order valence-corrected chi connectivity index (χ4v) is 1.97. The number of rotatable bonds is 6. The van der Waals surface area contributed by atoms with Crippen molar-refractivity contribution < 1.29 is 4.74 Å². The van der Waals surface area contributed by atoms with Crippen molar-refractivity contribution in [2.45, 2.75) is 39.3 Å². The van der Waals surface area contributed by atoms with Crippen LogP contribution in [-0.2, 0) is 13.0 Å². The van der Waals surface area contributed by atoms with Crippen LogP contribution in [0.2, 0.25) is 0 Å². The highest BCUT2D eigenvalue weighted by atomic mass is 16.5. The molecule has 0 saturated carbocycles. The summed E-state index contributed by atoms with van der Waals surface area (Å²) < 4.78 is 5.77. The van der Waals surface area contributed by atoms with E-state index in [-0.39, 0.29) is 6.04 Å². The minimum atomic E-state index is 0.248. The van der Waals surface area contributed by atoms with E-state index in [0.717, 1.165) is 29.8 Å². The molecule has 2 rings (SSSR count). The Bertz CT molecular complexity index is 535. The van der Waals surface area contributed by atoms with Gasteiger partial charge in [-0.25, -0.2) is 0 Å². The number of hydrogen-bond acceptors (Lipinski definition) is 3. The summed E-state index contributed by atoms with van der Waals surface area (Å²) in [6.07, 6.45) is 3.81. The summed E-state index contributed by atoms with van der Waals surface area (Å²) in [4.78, 5) is 4.32. The quantitative estimate of drug-likeness (QED) is 0.876. The van der Waals surface area contributed by atoms with Gasteiger partial charge in [0, 0.05) is 12.2 Å². The summed E-state index contributed by atoms with van der Waals surface area (Å²) >= 11 is 0. The van der Waals surface area contributed by atoms with Gasteiger partial charge in [-0.15, -0.1) is 0 Å². The molecule has 1 aromatic heterocycles. The third-order valence-electron chi connectivity index (χ3n) is 3.31. The first-order chi connectivity index (χ1) is 9.65. The smallest absolute Gasteiger partial charge is 0.130 e. The monoisotopic (exact) mass is 270 g/mol. The number of hydrogen-bond donors (Lipinski definition) is 1. The Hall–Kier alpha value is -1.87. The molecule has 20 heavy (non-hydrogen) atoms. The molecule has 0 spiro atoms. The second-order valence-electron chi connectivity index (χ2n) is 5.22. The number of ether oxygens (including phenoxy) is 1. The fourth-order valence-electron chi connectivity index (χ4n) is 1.97. The van der Waals surface area contributed by atoms with E-state index in [1.165, 1.54) is 5.56 Å². The van der Waals surface area contributed by atoms with Crippen LogP contribution >= 0.6 is 0 Å². The standard InChI is InChI=1S/C17H22N2O/c1-13-4-3-11-19-17(13)12-20-16-9-7-15(8-10-16)6-5-14(2)18/h3-4,7-11,14H,5-6,12,18H2,1-2H3. The first-order valence-electron chi connectivity index (χ1n) is 7.03. The molecule has 106 valence electrons. The Labute approximate surface area is 120 Å². The zero-order valence-corrected chi connectivity index (χ0v) is 12.2. The number of aryl methyl sites for hydroxylation is 2. The Balaban J connectivity index is 1.89.